The molecule has 4 aliphatic carbocycles. The number of hydrogen-bond acceptors (Lipinski definition) is 3. The van der Waals surface area contributed by atoms with Crippen molar-refractivity contribution in [3.05, 3.63) is 11.6 Å². The van der Waals surface area contributed by atoms with Crippen LogP contribution in [0, 0.1) is 46.3 Å². The first-order valence-electron chi connectivity index (χ1n) is 14.7. The van der Waals surface area contributed by atoms with Gasteiger partial charge in [-0.25, -0.2) is 0 Å². The molecule has 0 saturated heterocycles. The normalized spacial score (nSPS) is 39.3. The third-order valence-electron chi connectivity index (χ3n) is 11.1. The van der Waals surface area contributed by atoms with Gasteiger partial charge < -0.3 is 9.84 Å². The number of aliphatic carboxylic acids is 1. The van der Waals surface area contributed by atoms with E-state index in [1.807, 2.05) is 0 Å². The van der Waals surface area contributed by atoms with Crippen molar-refractivity contribution in [2.75, 3.05) is 0 Å². The average molecular weight is 487 g/mol. The Bertz CT molecular complexity index is 815. The minimum atomic E-state index is -0.942. The van der Waals surface area contributed by atoms with E-state index in [0.717, 1.165) is 54.8 Å². The van der Waals surface area contributed by atoms with Crippen LogP contribution in [0.15, 0.2) is 11.6 Å². The van der Waals surface area contributed by atoms with E-state index in [9.17, 15) is 9.59 Å². The summed E-state index contributed by atoms with van der Waals surface area (Å²) in [5, 5.41) is 8.84. The first-order chi connectivity index (χ1) is 16.5. The molecular formula is C31H50O4. The van der Waals surface area contributed by atoms with Crippen LogP contribution in [0.1, 0.15) is 118 Å². The van der Waals surface area contributed by atoms with Crippen LogP contribution in [0.5, 0.6) is 0 Å². The van der Waals surface area contributed by atoms with Gasteiger partial charge in [0.1, 0.15) is 6.10 Å². The Labute approximate surface area is 213 Å². The van der Waals surface area contributed by atoms with Crippen molar-refractivity contribution in [2.45, 2.75) is 124 Å². The van der Waals surface area contributed by atoms with Gasteiger partial charge in [0.15, 0.2) is 0 Å². The van der Waals surface area contributed by atoms with Crippen LogP contribution in [0.4, 0.5) is 0 Å². The molecule has 0 bridgehead atoms. The highest BCUT2D eigenvalue weighted by Crippen LogP contribution is 2.67. The summed E-state index contributed by atoms with van der Waals surface area (Å²) in [4.78, 5) is 22.9. The van der Waals surface area contributed by atoms with E-state index in [1.54, 1.807) is 0 Å². The lowest BCUT2D eigenvalue weighted by Crippen LogP contribution is -2.51. The number of rotatable bonds is 9. The van der Waals surface area contributed by atoms with E-state index in [4.69, 9.17) is 9.84 Å². The molecule has 0 amide bonds. The second-order valence-corrected chi connectivity index (χ2v) is 13.5. The van der Waals surface area contributed by atoms with Crippen molar-refractivity contribution >= 4 is 11.9 Å². The van der Waals surface area contributed by atoms with Crippen LogP contribution in [0.2, 0.25) is 0 Å². The Hall–Kier alpha value is -1.32. The molecule has 4 rings (SSSR count). The van der Waals surface area contributed by atoms with Gasteiger partial charge in [-0.2, -0.15) is 0 Å². The molecule has 0 spiro atoms. The Balaban J connectivity index is 1.40. The SMILES string of the molecule is CC(C)CCCC(C)[C@H]1CCC2C3CC=C4C[C@@H](OC(=O)CCC(=O)O)CC[C@]4(C)C3CC[C@@]21C. The molecule has 3 fully saturated rings. The number of fused-ring (bicyclic) bond motifs is 5. The molecule has 3 saturated carbocycles. The predicted octanol–water partition coefficient (Wildman–Crippen LogP) is 7.80. The smallest absolute Gasteiger partial charge is 0.306 e. The van der Waals surface area contributed by atoms with E-state index in [-0.39, 0.29) is 30.3 Å². The van der Waals surface area contributed by atoms with Gasteiger partial charge in [0.25, 0.3) is 0 Å². The van der Waals surface area contributed by atoms with Crippen molar-refractivity contribution in [1.82, 2.24) is 0 Å². The molecule has 4 heteroatoms. The number of carbonyl (C=O) groups excluding carboxylic acids is 1. The Morgan fingerprint density at radius 1 is 1.03 bits per heavy atom. The fourth-order valence-electron chi connectivity index (χ4n) is 9.21. The number of allylic oxidation sites excluding steroid dienone is 1. The van der Waals surface area contributed by atoms with Gasteiger partial charge in [-0.1, -0.05) is 65.5 Å². The van der Waals surface area contributed by atoms with E-state index >= 15 is 0 Å². The summed E-state index contributed by atoms with van der Waals surface area (Å²) in [5.74, 6) is 3.68. The van der Waals surface area contributed by atoms with Crippen molar-refractivity contribution in [3.63, 3.8) is 0 Å². The summed E-state index contributed by atoms with van der Waals surface area (Å²) >= 11 is 0. The summed E-state index contributed by atoms with van der Waals surface area (Å²) in [7, 11) is 0. The zero-order valence-corrected chi connectivity index (χ0v) is 23.0. The number of carboxylic acids is 1. The van der Waals surface area contributed by atoms with Gasteiger partial charge >= 0.3 is 11.9 Å². The lowest BCUT2D eigenvalue weighted by molar-refractivity contribution is -0.154. The third kappa shape index (κ3) is 5.37. The molecule has 4 nitrogen and oxygen atoms in total. The fourth-order valence-corrected chi connectivity index (χ4v) is 9.21. The monoisotopic (exact) mass is 486 g/mol. The van der Waals surface area contributed by atoms with Gasteiger partial charge in [-0.3, -0.25) is 9.59 Å². The van der Waals surface area contributed by atoms with Gasteiger partial charge in [0, 0.05) is 6.42 Å². The molecule has 0 aromatic rings. The zero-order chi connectivity index (χ0) is 25.4. The minimum absolute atomic E-state index is 0.0236. The lowest BCUT2D eigenvalue weighted by atomic mass is 9.47. The van der Waals surface area contributed by atoms with Crippen molar-refractivity contribution < 1.29 is 19.4 Å². The highest BCUT2D eigenvalue weighted by molar-refractivity contribution is 5.76. The summed E-state index contributed by atoms with van der Waals surface area (Å²) in [6.45, 7) is 12.4. The van der Waals surface area contributed by atoms with Crippen LogP contribution in [-0.4, -0.2) is 23.1 Å². The van der Waals surface area contributed by atoms with Gasteiger partial charge in [0.2, 0.25) is 0 Å². The Morgan fingerprint density at radius 3 is 2.51 bits per heavy atom. The predicted molar refractivity (Wildman–Crippen MR) is 140 cm³/mol. The molecule has 0 radical (unpaired) electrons. The van der Waals surface area contributed by atoms with Crippen LogP contribution in [0.3, 0.4) is 0 Å². The molecule has 0 aliphatic heterocycles. The van der Waals surface area contributed by atoms with Gasteiger partial charge in [-0.05, 0) is 91.3 Å². The quantitative estimate of drug-likeness (QED) is 0.267. The first kappa shape index (κ1) is 26.7. The van der Waals surface area contributed by atoms with Crippen molar-refractivity contribution in [3.8, 4) is 0 Å². The molecule has 4 unspecified atom stereocenters. The lowest BCUT2D eigenvalue weighted by Gasteiger charge is -2.58. The second kappa shape index (κ2) is 10.6. The fraction of sp³-hybridized carbons (Fsp3) is 0.871. The second-order valence-electron chi connectivity index (χ2n) is 13.5. The van der Waals surface area contributed by atoms with Crippen molar-refractivity contribution in [1.29, 1.82) is 0 Å². The average Bonchev–Trinajstić information content (AvgIpc) is 3.15. The summed E-state index contributed by atoms with van der Waals surface area (Å²) in [6.07, 6.45) is 16.0. The van der Waals surface area contributed by atoms with Crippen LogP contribution in [-0.2, 0) is 14.3 Å². The minimum Gasteiger partial charge on any atom is -0.481 e. The molecule has 4 aliphatic rings. The number of carbonyl (C=O) groups is 2. The molecule has 198 valence electrons. The third-order valence-corrected chi connectivity index (χ3v) is 11.1. The Kier molecular flexibility index (Phi) is 8.08. The zero-order valence-electron chi connectivity index (χ0n) is 23.0. The summed E-state index contributed by atoms with van der Waals surface area (Å²) in [5.41, 5.74) is 2.27. The molecule has 0 aromatic carbocycles. The van der Waals surface area contributed by atoms with Crippen molar-refractivity contribution in [2.24, 2.45) is 46.3 Å². The molecule has 35 heavy (non-hydrogen) atoms. The number of carboxylic acid groups (broad SMARTS) is 1. The van der Waals surface area contributed by atoms with E-state index in [0.29, 0.717) is 5.41 Å². The van der Waals surface area contributed by atoms with Crippen LogP contribution < -0.4 is 0 Å². The number of ether oxygens (including phenoxy) is 1. The highest BCUT2D eigenvalue weighted by atomic mass is 16.5. The highest BCUT2D eigenvalue weighted by Gasteiger charge is 2.59. The molecular weight excluding hydrogens is 436 g/mol. The molecule has 1 N–H and O–H groups in total. The molecule has 0 aromatic heterocycles. The molecule has 0 heterocycles. The standard InChI is InChI=1S/C31H50O4/c1-20(2)7-6-8-21(3)25-11-12-26-24-10-9-22-19-23(35-29(34)14-13-28(32)33)15-17-30(22,4)27(24)16-18-31(25,26)5/h9,20-21,23-27H,6-8,10-19H2,1-5H3,(H,32,33)/t21?,23-,24?,25+,26?,27?,30-,31+/m0/s1. The number of esters is 1. The summed E-state index contributed by atoms with van der Waals surface area (Å²) < 4.78 is 5.70. The summed E-state index contributed by atoms with van der Waals surface area (Å²) in [6, 6.07) is 0. The van der Waals surface area contributed by atoms with E-state index < -0.39 is 5.97 Å². The van der Waals surface area contributed by atoms with Gasteiger partial charge in [0.05, 0.1) is 12.8 Å². The topological polar surface area (TPSA) is 63.6 Å². The maximum absolute atomic E-state index is 12.1. The van der Waals surface area contributed by atoms with E-state index in [1.165, 1.54) is 56.9 Å². The maximum Gasteiger partial charge on any atom is 0.306 e. The van der Waals surface area contributed by atoms with Gasteiger partial charge in [-0.15, -0.1) is 0 Å². The first-order valence-corrected chi connectivity index (χ1v) is 14.7. The maximum atomic E-state index is 12.1. The van der Waals surface area contributed by atoms with Crippen LogP contribution >= 0.6 is 0 Å². The van der Waals surface area contributed by atoms with E-state index in [2.05, 4.69) is 40.7 Å². The molecule has 8 atom stereocenters. The largest absolute Gasteiger partial charge is 0.481 e. The Morgan fingerprint density at radius 2 is 1.80 bits per heavy atom. The van der Waals surface area contributed by atoms with Crippen LogP contribution in [0.25, 0.3) is 0 Å². The number of hydrogen-bond donors (Lipinski definition) is 1.